The van der Waals surface area contributed by atoms with Crippen molar-refractivity contribution >= 4 is 29.3 Å². The molecule has 1 atom stereocenters. The predicted octanol–water partition coefficient (Wildman–Crippen LogP) is 4.02. The Hall–Kier alpha value is -3.24. The van der Waals surface area contributed by atoms with E-state index in [9.17, 15) is 14.9 Å². The molecule has 0 spiro atoms. The van der Waals surface area contributed by atoms with Crippen molar-refractivity contribution in [2.75, 3.05) is 18.2 Å². The number of carbonyl (C=O) groups excluding carboxylic acids is 2. The predicted molar refractivity (Wildman–Crippen MR) is 118 cm³/mol. The number of nitrogens with zero attached hydrogens (tertiary/aromatic N) is 1. The number of ether oxygens (including phenoxy) is 1. The number of thioether (sulfide) groups is 1. The molecule has 0 saturated carbocycles. The van der Waals surface area contributed by atoms with Crippen LogP contribution in [0.5, 0.6) is 5.75 Å². The molecular weight excluding hydrogens is 398 g/mol. The zero-order valence-corrected chi connectivity index (χ0v) is 17.9. The molecule has 30 heavy (non-hydrogen) atoms. The average molecular weight is 422 g/mol. The molecule has 0 bridgehead atoms. The smallest absolute Gasteiger partial charge is 0.234 e. The van der Waals surface area contributed by atoms with Gasteiger partial charge in [-0.15, -0.1) is 0 Å². The lowest BCUT2D eigenvalue weighted by Gasteiger charge is -2.25. The number of allylic oxidation sites excluding steroid dienone is 1. The van der Waals surface area contributed by atoms with Crippen molar-refractivity contribution in [1.82, 2.24) is 5.32 Å². The molecule has 0 fully saturated rings. The largest absolute Gasteiger partial charge is 0.497 e. The normalized spacial score (nSPS) is 15.9. The summed E-state index contributed by atoms with van der Waals surface area (Å²) in [5, 5.41) is 15.9. The molecule has 3 rings (SSSR count). The molecule has 2 amide bonds. The number of hydrogen-bond donors (Lipinski definition) is 2. The highest BCUT2D eigenvalue weighted by atomic mass is 32.2. The van der Waals surface area contributed by atoms with Gasteiger partial charge in [-0.25, -0.2) is 0 Å². The highest BCUT2D eigenvalue weighted by Crippen LogP contribution is 2.36. The number of para-hydroxylation sites is 1. The zero-order valence-electron chi connectivity index (χ0n) is 17.1. The molecule has 0 aliphatic carbocycles. The van der Waals surface area contributed by atoms with E-state index in [1.807, 2.05) is 56.3 Å². The summed E-state index contributed by atoms with van der Waals surface area (Å²) in [6, 6.07) is 15.4. The molecule has 0 unspecified atom stereocenters. The zero-order chi connectivity index (χ0) is 21.7. The first-order valence-corrected chi connectivity index (χ1v) is 10.5. The van der Waals surface area contributed by atoms with E-state index in [1.54, 1.807) is 7.11 Å². The van der Waals surface area contributed by atoms with Crippen molar-refractivity contribution in [3.8, 4) is 11.8 Å². The summed E-state index contributed by atoms with van der Waals surface area (Å²) in [5.41, 5.74) is 4.08. The summed E-state index contributed by atoms with van der Waals surface area (Å²) >= 11 is 1.17. The van der Waals surface area contributed by atoms with Crippen molar-refractivity contribution in [3.63, 3.8) is 0 Å². The SMILES string of the molecule is COc1ccc([C@@H]2CC(=O)NC(SCC(=O)Nc3c(C)cccc3C)=C2C#N)cc1. The molecule has 7 heteroatoms. The van der Waals surface area contributed by atoms with E-state index < -0.39 is 0 Å². The van der Waals surface area contributed by atoms with Crippen molar-refractivity contribution in [3.05, 3.63) is 69.8 Å². The molecule has 2 aromatic carbocycles. The van der Waals surface area contributed by atoms with Crippen LogP contribution in [-0.2, 0) is 9.59 Å². The first kappa shape index (κ1) is 21.5. The lowest BCUT2D eigenvalue weighted by Crippen LogP contribution is -2.31. The second-order valence-electron chi connectivity index (χ2n) is 7.04. The second kappa shape index (κ2) is 9.51. The fraction of sp³-hybridized carbons (Fsp3) is 0.261. The van der Waals surface area contributed by atoms with E-state index in [0.717, 1.165) is 22.4 Å². The van der Waals surface area contributed by atoms with Crippen LogP contribution in [0.2, 0.25) is 0 Å². The number of aryl methyl sites for hydroxylation is 2. The Balaban J connectivity index is 1.77. The summed E-state index contributed by atoms with van der Waals surface area (Å²) in [7, 11) is 1.59. The topological polar surface area (TPSA) is 91.2 Å². The molecule has 154 valence electrons. The van der Waals surface area contributed by atoms with Gasteiger partial charge in [0, 0.05) is 18.0 Å². The van der Waals surface area contributed by atoms with Crippen LogP contribution in [-0.4, -0.2) is 24.7 Å². The Morgan fingerprint density at radius 2 is 1.90 bits per heavy atom. The molecule has 1 heterocycles. The van der Waals surface area contributed by atoms with Gasteiger partial charge in [-0.1, -0.05) is 42.1 Å². The van der Waals surface area contributed by atoms with Crippen LogP contribution in [0.25, 0.3) is 0 Å². The van der Waals surface area contributed by atoms with Crippen LogP contribution in [0, 0.1) is 25.2 Å². The maximum absolute atomic E-state index is 12.5. The number of benzene rings is 2. The molecule has 0 radical (unpaired) electrons. The fourth-order valence-corrected chi connectivity index (χ4v) is 4.26. The molecule has 2 aromatic rings. The van der Waals surface area contributed by atoms with Crippen LogP contribution in [0.4, 0.5) is 5.69 Å². The number of rotatable bonds is 6. The van der Waals surface area contributed by atoms with Gasteiger partial charge in [-0.3, -0.25) is 9.59 Å². The van der Waals surface area contributed by atoms with Crippen LogP contribution in [0.3, 0.4) is 0 Å². The quantitative estimate of drug-likeness (QED) is 0.735. The summed E-state index contributed by atoms with van der Waals surface area (Å²) in [4.78, 5) is 24.8. The van der Waals surface area contributed by atoms with Gasteiger partial charge in [0.15, 0.2) is 0 Å². The summed E-state index contributed by atoms with van der Waals surface area (Å²) in [6.45, 7) is 3.87. The summed E-state index contributed by atoms with van der Waals surface area (Å²) in [5.74, 6) is 0.0813. The van der Waals surface area contributed by atoms with Gasteiger partial charge < -0.3 is 15.4 Å². The number of methoxy groups -OCH3 is 1. The van der Waals surface area contributed by atoms with E-state index in [2.05, 4.69) is 16.7 Å². The molecule has 0 aromatic heterocycles. The number of nitrogens with one attached hydrogen (secondary N) is 2. The number of anilines is 1. The maximum Gasteiger partial charge on any atom is 0.234 e. The van der Waals surface area contributed by atoms with Gasteiger partial charge in [0.2, 0.25) is 11.8 Å². The number of nitriles is 1. The van der Waals surface area contributed by atoms with E-state index in [1.165, 1.54) is 11.8 Å². The number of amides is 2. The van der Waals surface area contributed by atoms with E-state index in [0.29, 0.717) is 16.4 Å². The van der Waals surface area contributed by atoms with Gasteiger partial charge in [-0.2, -0.15) is 5.26 Å². The first-order chi connectivity index (χ1) is 14.4. The highest BCUT2D eigenvalue weighted by Gasteiger charge is 2.30. The Kier molecular flexibility index (Phi) is 6.80. The van der Waals surface area contributed by atoms with E-state index >= 15 is 0 Å². The Bertz CT molecular complexity index is 1020. The van der Waals surface area contributed by atoms with Crippen molar-refractivity contribution in [2.45, 2.75) is 26.2 Å². The van der Waals surface area contributed by atoms with Crippen LogP contribution >= 0.6 is 11.8 Å². The third-order valence-corrected chi connectivity index (χ3v) is 5.98. The second-order valence-corrected chi connectivity index (χ2v) is 8.02. The molecule has 1 aliphatic heterocycles. The minimum atomic E-state index is -0.348. The minimum absolute atomic E-state index is 0.0872. The van der Waals surface area contributed by atoms with Crippen LogP contribution in [0.15, 0.2) is 53.1 Å². The van der Waals surface area contributed by atoms with Crippen molar-refractivity contribution in [1.29, 1.82) is 5.26 Å². The Morgan fingerprint density at radius 3 is 2.50 bits per heavy atom. The molecule has 2 N–H and O–H groups in total. The summed E-state index contributed by atoms with van der Waals surface area (Å²) < 4.78 is 5.18. The highest BCUT2D eigenvalue weighted by molar-refractivity contribution is 8.03. The first-order valence-electron chi connectivity index (χ1n) is 9.50. The maximum atomic E-state index is 12.5. The number of carbonyl (C=O) groups is 2. The van der Waals surface area contributed by atoms with Gasteiger partial charge in [0.05, 0.1) is 29.5 Å². The lowest BCUT2D eigenvalue weighted by atomic mass is 9.87. The number of hydrogen-bond acceptors (Lipinski definition) is 5. The average Bonchev–Trinajstić information content (AvgIpc) is 2.74. The third-order valence-electron chi connectivity index (χ3n) is 4.97. The van der Waals surface area contributed by atoms with Crippen LogP contribution in [0.1, 0.15) is 29.0 Å². The monoisotopic (exact) mass is 421 g/mol. The van der Waals surface area contributed by atoms with Gasteiger partial charge >= 0.3 is 0 Å². The minimum Gasteiger partial charge on any atom is -0.497 e. The third kappa shape index (κ3) is 4.84. The Labute approximate surface area is 180 Å². The van der Waals surface area contributed by atoms with Gasteiger partial charge in [-0.05, 0) is 42.7 Å². The molecule has 6 nitrogen and oxygen atoms in total. The van der Waals surface area contributed by atoms with Gasteiger partial charge in [0.1, 0.15) is 5.75 Å². The van der Waals surface area contributed by atoms with Gasteiger partial charge in [0.25, 0.3) is 0 Å². The Morgan fingerprint density at radius 1 is 1.23 bits per heavy atom. The summed E-state index contributed by atoms with van der Waals surface area (Å²) in [6.07, 6.45) is 0.188. The molecule has 1 aliphatic rings. The molecule has 0 saturated heterocycles. The van der Waals surface area contributed by atoms with Crippen molar-refractivity contribution in [2.24, 2.45) is 0 Å². The standard InChI is InChI=1S/C23H23N3O3S/c1-14-5-4-6-15(2)22(14)25-21(28)13-30-23-19(12-24)18(11-20(27)26-23)16-7-9-17(29-3)10-8-16/h4-10,18H,11,13H2,1-3H3,(H,25,28)(H,26,27)/t18-/m0/s1. The van der Waals surface area contributed by atoms with E-state index in [4.69, 9.17) is 4.74 Å². The molecular formula is C23H23N3O3S. The fourth-order valence-electron chi connectivity index (χ4n) is 3.38. The van der Waals surface area contributed by atoms with Crippen LogP contribution < -0.4 is 15.4 Å². The van der Waals surface area contributed by atoms with Crippen molar-refractivity contribution < 1.29 is 14.3 Å². The lowest BCUT2D eigenvalue weighted by molar-refractivity contribution is -0.121. The van der Waals surface area contributed by atoms with E-state index in [-0.39, 0.29) is 29.9 Å².